The summed E-state index contributed by atoms with van der Waals surface area (Å²) in [6, 6.07) is 3.74. The van der Waals surface area contributed by atoms with Gasteiger partial charge in [0.25, 0.3) is 0 Å². The smallest absolute Gasteiger partial charge is 0.130 e. The van der Waals surface area contributed by atoms with E-state index in [1.54, 1.807) is 0 Å². The Morgan fingerprint density at radius 2 is 2.00 bits per heavy atom. The molecule has 1 aromatic rings. The van der Waals surface area contributed by atoms with Gasteiger partial charge in [0.2, 0.25) is 0 Å². The highest BCUT2D eigenvalue weighted by molar-refractivity contribution is 9.10. The average Bonchev–Trinajstić information content (AvgIpc) is 2.36. The SMILES string of the molecule is CC1(C)[C@H](Br)CC[C@@]2(C)Oc3cc(Br)c(O)cc3C[C@H]12. The first-order valence-electron chi connectivity index (χ1n) is 7.08. The van der Waals surface area contributed by atoms with E-state index in [2.05, 4.69) is 52.6 Å². The largest absolute Gasteiger partial charge is 0.507 e. The maximum Gasteiger partial charge on any atom is 0.130 e. The summed E-state index contributed by atoms with van der Waals surface area (Å²) in [5, 5.41) is 9.91. The van der Waals surface area contributed by atoms with Gasteiger partial charge < -0.3 is 9.84 Å². The van der Waals surface area contributed by atoms with Crippen molar-refractivity contribution in [1.29, 1.82) is 0 Å². The second-order valence-electron chi connectivity index (χ2n) is 6.91. The second-order valence-corrected chi connectivity index (χ2v) is 8.87. The number of hydrogen-bond donors (Lipinski definition) is 1. The molecule has 1 aromatic carbocycles. The summed E-state index contributed by atoms with van der Waals surface area (Å²) in [7, 11) is 0. The predicted octanol–water partition coefficient (Wildman–Crippen LogP) is 5.05. The highest BCUT2D eigenvalue weighted by atomic mass is 79.9. The Hall–Kier alpha value is -0.220. The summed E-state index contributed by atoms with van der Waals surface area (Å²) >= 11 is 7.22. The molecule has 4 heteroatoms. The molecule has 0 radical (unpaired) electrons. The van der Waals surface area contributed by atoms with Gasteiger partial charge in [-0.15, -0.1) is 0 Å². The van der Waals surface area contributed by atoms with Gasteiger partial charge in [0.05, 0.1) is 4.47 Å². The average molecular weight is 404 g/mol. The summed E-state index contributed by atoms with van der Waals surface area (Å²) in [6.07, 6.45) is 3.16. The minimum Gasteiger partial charge on any atom is -0.507 e. The van der Waals surface area contributed by atoms with Gasteiger partial charge in [-0.2, -0.15) is 0 Å². The van der Waals surface area contributed by atoms with Crippen LogP contribution in [0.25, 0.3) is 0 Å². The molecule has 1 heterocycles. The zero-order chi connectivity index (χ0) is 14.7. The summed E-state index contributed by atoms with van der Waals surface area (Å²) in [5.74, 6) is 1.65. The lowest BCUT2D eigenvalue weighted by atomic mass is 9.59. The number of aromatic hydroxyl groups is 1. The van der Waals surface area contributed by atoms with Crippen molar-refractivity contribution >= 4 is 31.9 Å². The molecule has 1 aliphatic heterocycles. The van der Waals surface area contributed by atoms with E-state index in [-0.39, 0.29) is 11.0 Å². The molecular formula is C16H20Br2O2. The zero-order valence-electron chi connectivity index (χ0n) is 12.0. The minimum atomic E-state index is -0.114. The molecular weight excluding hydrogens is 384 g/mol. The number of benzene rings is 1. The lowest BCUT2D eigenvalue weighted by molar-refractivity contribution is -0.0773. The fraction of sp³-hybridized carbons (Fsp3) is 0.625. The van der Waals surface area contributed by atoms with Crippen molar-refractivity contribution in [3.63, 3.8) is 0 Å². The fourth-order valence-electron chi connectivity index (χ4n) is 3.88. The molecule has 20 heavy (non-hydrogen) atoms. The van der Waals surface area contributed by atoms with Crippen LogP contribution in [0.5, 0.6) is 11.5 Å². The number of phenolic OH excluding ortho intramolecular Hbond substituents is 1. The monoisotopic (exact) mass is 402 g/mol. The molecule has 0 spiro atoms. The first kappa shape index (κ1) is 14.7. The molecule has 1 N–H and O–H groups in total. The third kappa shape index (κ3) is 2.10. The Balaban J connectivity index is 2.06. The molecule has 0 amide bonds. The van der Waals surface area contributed by atoms with Crippen molar-refractivity contribution < 1.29 is 9.84 Å². The van der Waals surface area contributed by atoms with Crippen LogP contribution in [-0.2, 0) is 6.42 Å². The maximum absolute atomic E-state index is 9.91. The molecule has 2 aliphatic rings. The van der Waals surface area contributed by atoms with Crippen LogP contribution < -0.4 is 4.74 Å². The number of fused-ring (bicyclic) bond motifs is 2. The highest BCUT2D eigenvalue weighted by Gasteiger charge is 2.54. The van der Waals surface area contributed by atoms with Crippen LogP contribution in [0.15, 0.2) is 16.6 Å². The lowest BCUT2D eigenvalue weighted by Crippen LogP contribution is -2.57. The summed E-state index contributed by atoms with van der Waals surface area (Å²) < 4.78 is 7.08. The summed E-state index contributed by atoms with van der Waals surface area (Å²) in [4.78, 5) is 0.516. The number of phenols is 1. The number of alkyl halides is 1. The Morgan fingerprint density at radius 3 is 2.70 bits per heavy atom. The van der Waals surface area contributed by atoms with Crippen molar-refractivity contribution in [2.24, 2.45) is 11.3 Å². The molecule has 2 nitrogen and oxygen atoms in total. The van der Waals surface area contributed by atoms with Gasteiger partial charge in [-0.1, -0.05) is 29.8 Å². The topological polar surface area (TPSA) is 29.5 Å². The van der Waals surface area contributed by atoms with E-state index in [9.17, 15) is 5.11 Å². The van der Waals surface area contributed by atoms with Crippen LogP contribution in [0.2, 0.25) is 0 Å². The molecule has 1 aliphatic carbocycles. The lowest BCUT2D eigenvalue weighted by Gasteiger charge is -2.55. The van der Waals surface area contributed by atoms with Crippen molar-refractivity contribution in [1.82, 2.24) is 0 Å². The number of rotatable bonds is 0. The Morgan fingerprint density at radius 1 is 1.30 bits per heavy atom. The summed E-state index contributed by atoms with van der Waals surface area (Å²) in [6.45, 7) is 6.88. The molecule has 0 saturated heterocycles. The van der Waals surface area contributed by atoms with Gasteiger partial charge in [-0.25, -0.2) is 0 Å². The quantitative estimate of drug-likeness (QED) is 0.614. The third-order valence-electron chi connectivity index (χ3n) is 5.23. The Kier molecular flexibility index (Phi) is 3.41. The van der Waals surface area contributed by atoms with Gasteiger partial charge in [-0.05, 0) is 65.2 Å². The first-order valence-corrected chi connectivity index (χ1v) is 8.79. The molecule has 1 fully saturated rings. The van der Waals surface area contributed by atoms with Gasteiger partial charge in [0.15, 0.2) is 0 Å². The van der Waals surface area contributed by atoms with Crippen LogP contribution in [-0.4, -0.2) is 15.5 Å². The summed E-state index contributed by atoms with van der Waals surface area (Å²) in [5.41, 5.74) is 1.17. The molecule has 110 valence electrons. The van der Waals surface area contributed by atoms with E-state index in [0.717, 1.165) is 30.6 Å². The fourth-order valence-corrected chi connectivity index (χ4v) is 4.75. The predicted molar refractivity (Wildman–Crippen MR) is 87.8 cm³/mol. The molecule has 0 bridgehead atoms. The van der Waals surface area contributed by atoms with Gasteiger partial charge in [0, 0.05) is 10.7 Å². The number of halogens is 2. The van der Waals surface area contributed by atoms with E-state index in [1.165, 1.54) is 0 Å². The minimum absolute atomic E-state index is 0.114. The van der Waals surface area contributed by atoms with E-state index < -0.39 is 0 Å². The maximum atomic E-state index is 9.91. The van der Waals surface area contributed by atoms with E-state index in [0.29, 0.717) is 21.0 Å². The van der Waals surface area contributed by atoms with Crippen LogP contribution in [0.1, 0.15) is 39.2 Å². The number of hydrogen-bond acceptors (Lipinski definition) is 2. The second kappa shape index (κ2) is 4.64. The molecule has 3 rings (SSSR count). The van der Waals surface area contributed by atoms with E-state index in [1.807, 2.05) is 12.1 Å². The Bertz CT molecular complexity index is 556. The molecule has 3 atom stereocenters. The van der Waals surface area contributed by atoms with Crippen LogP contribution in [0.3, 0.4) is 0 Å². The molecule has 1 saturated carbocycles. The van der Waals surface area contributed by atoms with Gasteiger partial charge >= 0.3 is 0 Å². The van der Waals surface area contributed by atoms with Crippen molar-refractivity contribution in [2.75, 3.05) is 0 Å². The first-order chi connectivity index (χ1) is 9.24. The Labute approximate surface area is 137 Å². The highest BCUT2D eigenvalue weighted by Crippen LogP contribution is 2.55. The zero-order valence-corrected chi connectivity index (χ0v) is 15.2. The van der Waals surface area contributed by atoms with Gasteiger partial charge in [-0.3, -0.25) is 0 Å². The van der Waals surface area contributed by atoms with Crippen LogP contribution >= 0.6 is 31.9 Å². The van der Waals surface area contributed by atoms with Crippen molar-refractivity contribution in [3.05, 3.63) is 22.2 Å². The van der Waals surface area contributed by atoms with Crippen molar-refractivity contribution in [2.45, 2.75) is 50.5 Å². The molecule has 0 unspecified atom stereocenters. The molecule has 0 aromatic heterocycles. The van der Waals surface area contributed by atoms with E-state index in [4.69, 9.17) is 4.74 Å². The van der Waals surface area contributed by atoms with E-state index >= 15 is 0 Å². The van der Waals surface area contributed by atoms with Crippen molar-refractivity contribution in [3.8, 4) is 11.5 Å². The normalized spacial score (nSPS) is 34.9. The number of ether oxygens (including phenoxy) is 1. The van der Waals surface area contributed by atoms with Crippen LogP contribution in [0.4, 0.5) is 0 Å². The van der Waals surface area contributed by atoms with Crippen LogP contribution in [0, 0.1) is 11.3 Å². The van der Waals surface area contributed by atoms with Gasteiger partial charge in [0.1, 0.15) is 17.1 Å². The standard InChI is InChI=1S/C16H20Br2O2/c1-15(2)13-7-9-6-11(19)10(17)8-12(9)20-16(13,3)5-4-14(15)18/h6,8,13-14,19H,4-5,7H2,1-3H3/t13-,14-,16-/m1/s1. The third-order valence-corrected chi connectivity index (χ3v) is 7.51.